The summed E-state index contributed by atoms with van der Waals surface area (Å²) in [5.41, 5.74) is -2.04. The lowest BCUT2D eigenvalue weighted by atomic mass is 9.87. The average Bonchev–Trinajstić information content (AvgIpc) is 2.68. The largest absolute Gasteiger partial charge is 0.439 e. The van der Waals surface area contributed by atoms with Crippen molar-refractivity contribution in [3.05, 3.63) is 35.4 Å². The Kier molecular flexibility index (Phi) is 4.15. The molecule has 1 saturated carbocycles. The molecule has 24 heavy (non-hydrogen) atoms. The van der Waals surface area contributed by atoms with Crippen LogP contribution in [-0.4, -0.2) is 33.6 Å². The molecule has 1 aliphatic carbocycles. The summed E-state index contributed by atoms with van der Waals surface area (Å²) in [5.74, 6) is -2.12. The van der Waals surface area contributed by atoms with Crippen LogP contribution in [0.2, 0.25) is 0 Å². The van der Waals surface area contributed by atoms with E-state index in [9.17, 15) is 23.1 Å². The summed E-state index contributed by atoms with van der Waals surface area (Å²) in [5, 5.41) is 14.7. The van der Waals surface area contributed by atoms with Gasteiger partial charge in [-0.05, 0) is 38.3 Å². The molecule has 3 rings (SSSR count). The number of fused-ring (bicyclic) bond motifs is 1. The van der Waals surface area contributed by atoms with E-state index in [4.69, 9.17) is 0 Å². The first-order valence-corrected chi connectivity index (χ1v) is 8.03. The molecule has 0 bridgehead atoms. The summed E-state index contributed by atoms with van der Waals surface area (Å²) in [6.07, 6.45) is -2.33. The van der Waals surface area contributed by atoms with Crippen molar-refractivity contribution < 1.29 is 23.1 Å². The maximum atomic E-state index is 13.7. The maximum Gasteiger partial charge on any atom is 0.439 e. The quantitative estimate of drug-likeness (QED) is 0.849. The minimum atomic E-state index is -4.98. The number of nitrogens with zero attached hydrogens (tertiary/aromatic N) is 2. The van der Waals surface area contributed by atoms with Gasteiger partial charge in [0.15, 0.2) is 0 Å². The van der Waals surface area contributed by atoms with Crippen LogP contribution in [0.4, 0.5) is 13.2 Å². The Morgan fingerprint density at radius 1 is 1.25 bits per heavy atom. The first-order valence-electron chi connectivity index (χ1n) is 8.03. The number of carbonyl (C=O) groups is 1. The van der Waals surface area contributed by atoms with Gasteiger partial charge in [-0.2, -0.15) is 23.3 Å². The molecule has 1 amide bonds. The van der Waals surface area contributed by atoms with Crippen molar-refractivity contribution in [2.45, 2.75) is 50.9 Å². The molecule has 4 nitrogen and oxygen atoms in total. The molecule has 1 aromatic rings. The fraction of sp³-hybridized carbons (Fsp3) is 0.529. The second-order valence-corrected chi connectivity index (χ2v) is 6.45. The number of aliphatic hydroxyl groups is 1. The Balaban J connectivity index is 2.03. The van der Waals surface area contributed by atoms with E-state index in [0.717, 1.165) is 18.4 Å². The van der Waals surface area contributed by atoms with E-state index in [1.54, 1.807) is 12.1 Å². The van der Waals surface area contributed by atoms with Crippen LogP contribution in [0, 0.1) is 12.8 Å². The molecule has 0 unspecified atom stereocenters. The molecular weight excluding hydrogens is 321 g/mol. The lowest BCUT2D eigenvalue weighted by Crippen LogP contribution is -2.61. The molecular formula is C17H19F3N2O2. The maximum absolute atomic E-state index is 13.7. The molecule has 2 atom stereocenters. The van der Waals surface area contributed by atoms with Gasteiger partial charge in [0.2, 0.25) is 0 Å². The number of carbonyl (C=O) groups excluding carboxylic acids is 1. The van der Waals surface area contributed by atoms with Gasteiger partial charge < -0.3 is 5.11 Å². The third-order valence-corrected chi connectivity index (χ3v) is 4.77. The number of alkyl halides is 3. The molecule has 1 aromatic carbocycles. The first-order chi connectivity index (χ1) is 11.2. The Morgan fingerprint density at radius 2 is 1.92 bits per heavy atom. The second kappa shape index (κ2) is 5.88. The van der Waals surface area contributed by atoms with Gasteiger partial charge >= 0.3 is 6.18 Å². The van der Waals surface area contributed by atoms with E-state index in [1.807, 2.05) is 6.92 Å². The van der Waals surface area contributed by atoms with Crippen LogP contribution >= 0.6 is 0 Å². The van der Waals surface area contributed by atoms with Gasteiger partial charge in [-0.1, -0.05) is 30.5 Å². The van der Waals surface area contributed by atoms with E-state index in [-0.39, 0.29) is 22.7 Å². The second-order valence-electron chi connectivity index (χ2n) is 6.45. The monoisotopic (exact) mass is 340 g/mol. The zero-order valence-corrected chi connectivity index (χ0v) is 13.3. The highest BCUT2D eigenvalue weighted by Crippen LogP contribution is 2.47. The summed E-state index contributed by atoms with van der Waals surface area (Å²) in [7, 11) is 0. The SMILES string of the molecule is Cc1ccc(C(=O)N2N=C3CCCCC[C@H]3[C@@]2(O)C(F)(F)F)cc1. The van der Waals surface area contributed by atoms with Crippen LogP contribution < -0.4 is 0 Å². The van der Waals surface area contributed by atoms with Gasteiger partial charge in [0.25, 0.3) is 11.6 Å². The number of aryl methyl sites for hydroxylation is 1. The van der Waals surface area contributed by atoms with Crippen molar-refractivity contribution in [2.24, 2.45) is 11.0 Å². The lowest BCUT2D eigenvalue weighted by molar-refractivity contribution is -0.312. The Hall–Kier alpha value is -1.89. The third-order valence-electron chi connectivity index (χ3n) is 4.77. The smallest absolute Gasteiger partial charge is 0.362 e. The Bertz CT molecular complexity index is 669. The first kappa shape index (κ1) is 17.0. The molecule has 1 fully saturated rings. The summed E-state index contributed by atoms with van der Waals surface area (Å²) in [6, 6.07) is 6.17. The van der Waals surface area contributed by atoms with Crippen LogP contribution in [0.3, 0.4) is 0 Å². The summed E-state index contributed by atoms with van der Waals surface area (Å²) in [6.45, 7) is 1.81. The molecule has 0 radical (unpaired) electrons. The van der Waals surface area contributed by atoms with Crippen LogP contribution in [-0.2, 0) is 0 Å². The number of halogens is 3. The molecule has 2 aliphatic rings. The molecule has 130 valence electrons. The van der Waals surface area contributed by atoms with Gasteiger partial charge in [0.1, 0.15) is 0 Å². The highest BCUT2D eigenvalue weighted by atomic mass is 19.4. The van der Waals surface area contributed by atoms with Gasteiger partial charge in [0, 0.05) is 11.3 Å². The minimum Gasteiger partial charge on any atom is -0.362 e. The summed E-state index contributed by atoms with van der Waals surface area (Å²) < 4.78 is 41.2. The van der Waals surface area contributed by atoms with Crippen molar-refractivity contribution >= 4 is 11.6 Å². The number of amides is 1. The van der Waals surface area contributed by atoms with Crippen LogP contribution in [0.25, 0.3) is 0 Å². The highest BCUT2D eigenvalue weighted by molar-refractivity contribution is 5.99. The van der Waals surface area contributed by atoms with Crippen molar-refractivity contribution in [3.8, 4) is 0 Å². The highest BCUT2D eigenvalue weighted by Gasteiger charge is 2.68. The summed E-state index contributed by atoms with van der Waals surface area (Å²) in [4.78, 5) is 12.6. The van der Waals surface area contributed by atoms with E-state index in [1.165, 1.54) is 12.1 Å². The fourth-order valence-corrected chi connectivity index (χ4v) is 3.41. The van der Waals surface area contributed by atoms with Gasteiger partial charge in [-0.3, -0.25) is 4.79 Å². The van der Waals surface area contributed by atoms with Gasteiger partial charge in [-0.25, -0.2) is 0 Å². The van der Waals surface area contributed by atoms with E-state index >= 15 is 0 Å². The Labute approximate surface area is 138 Å². The molecule has 0 spiro atoms. The van der Waals surface area contributed by atoms with Crippen molar-refractivity contribution in [1.82, 2.24) is 5.01 Å². The molecule has 0 aromatic heterocycles. The Morgan fingerprint density at radius 3 is 2.54 bits per heavy atom. The third kappa shape index (κ3) is 2.60. The number of hydrazone groups is 1. The number of benzene rings is 1. The standard InChI is InChI=1S/C17H19F3N2O2/c1-11-7-9-12(10-8-11)15(23)22-16(24,17(18,19)20)13-5-3-2-4-6-14(13)21-22/h7-10,13,24H,2-6H2,1H3/t13-,16-/m1/s1. The normalized spacial score (nSPS) is 27.5. The van der Waals surface area contributed by atoms with Crippen LogP contribution in [0.1, 0.15) is 48.0 Å². The predicted octanol–water partition coefficient (Wildman–Crippen LogP) is 3.64. The topological polar surface area (TPSA) is 52.9 Å². The van der Waals surface area contributed by atoms with Crippen LogP contribution in [0.5, 0.6) is 0 Å². The molecule has 1 aliphatic heterocycles. The predicted molar refractivity (Wildman–Crippen MR) is 82.4 cm³/mol. The fourth-order valence-electron chi connectivity index (χ4n) is 3.41. The van der Waals surface area contributed by atoms with Crippen molar-refractivity contribution in [3.63, 3.8) is 0 Å². The molecule has 7 heteroatoms. The zero-order chi connectivity index (χ0) is 17.5. The summed E-state index contributed by atoms with van der Waals surface area (Å²) >= 11 is 0. The molecule has 1 N–H and O–H groups in total. The average molecular weight is 340 g/mol. The molecule has 1 heterocycles. The number of rotatable bonds is 1. The van der Waals surface area contributed by atoms with Crippen molar-refractivity contribution in [2.75, 3.05) is 0 Å². The lowest BCUT2D eigenvalue weighted by Gasteiger charge is -2.37. The van der Waals surface area contributed by atoms with Crippen LogP contribution in [0.15, 0.2) is 29.4 Å². The van der Waals surface area contributed by atoms with E-state index in [2.05, 4.69) is 5.10 Å². The minimum absolute atomic E-state index is 0.0732. The number of hydrogen-bond donors (Lipinski definition) is 1. The van der Waals surface area contributed by atoms with Crippen molar-refractivity contribution in [1.29, 1.82) is 0 Å². The van der Waals surface area contributed by atoms with Gasteiger partial charge in [0.05, 0.1) is 5.92 Å². The van der Waals surface area contributed by atoms with E-state index in [0.29, 0.717) is 12.8 Å². The zero-order valence-electron chi connectivity index (χ0n) is 13.3. The molecule has 0 saturated heterocycles. The van der Waals surface area contributed by atoms with E-state index < -0.39 is 23.7 Å². The van der Waals surface area contributed by atoms with Gasteiger partial charge in [-0.15, -0.1) is 0 Å². The number of hydrogen-bond acceptors (Lipinski definition) is 3.